The summed E-state index contributed by atoms with van der Waals surface area (Å²) in [5, 5.41) is 20.2. The van der Waals surface area contributed by atoms with Crippen molar-refractivity contribution in [3.63, 3.8) is 0 Å². The Bertz CT molecular complexity index is 553. The molecule has 0 aliphatic rings. The van der Waals surface area contributed by atoms with Gasteiger partial charge >= 0.3 is 11.9 Å². The normalized spacial score (nSPS) is 11.9. The molecule has 0 bridgehead atoms. The quantitative estimate of drug-likeness (QED) is 0.626. The topological polar surface area (TPSA) is 104 Å². The van der Waals surface area contributed by atoms with Crippen LogP contribution in [0.5, 0.6) is 0 Å². The summed E-state index contributed by atoms with van der Waals surface area (Å²) < 4.78 is 0. The molecule has 0 aromatic heterocycles. The van der Waals surface area contributed by atoms with Gasteiger partial charge in [-0.05, 0) is 19.4 Å². The Kier molecular flexibility index (Phi) is 6.05. The van der Waals surface area contributed by atoms with Gasteiger partial charge in [-0.1, -0.05) is 23.8 Å². The Morgan fingerprint density at radius 3 is 2.33 bits per heavy atom. The number of carboxylic acid groups (broad SMARTS) is 2. The van der Waals surface area contributed by atoms with Crippen LogP contribution in [0, 0.1) is 13.8 Å². The van der Waals surface area contributed by atoms with Crippen LogP contribution in [-0.2, 0) is 9.59 Å². The van der Waals surface area contributed by atoms with Gasteiger partial charge in [0.2, 0.25) is 0 Å². The number of benzene rings is 1. The van der Waals surface area contributed by atoms with Crippen molar-refractivity contribution in [2.45, 2.75) is 32.7 Å². The predicted octanol–water partition coefficient (Wildman–Crippen LogP) is 1.39. The average molecular weight is 293 g/mol. The molecule has 6 nitrogen and oxygen atoms in total. The van der Waals surface area contributed by atoms with E-state index in [1.54, 1.807) is 19.1 Å². The molecular formula is C15H19NO5. The summed E-state index contributed by atoms with van der Waals surface area (Å²) in [5.74, 6) is -2.45. The number of carbonyl (C=O) groups is 3. The number of hydrogen-bond donors (Lipinski definition) is 3. The van der Waals surface area contributed by atoms with Crippen LogP contribution in [-0.4, -0.2) is 40.5 Å². The Hall–Kier alpha value is -2.21. The van der Waals surface area contributed by atoms with Gasteiger partial charge in [0, 0.05) is 12.1 Å². The Morgan fingerprint density at radius 1 is 1.14 bits per heavy atom. The van der Waals surface area contributed by atoms with Crippen molar-refractivity contribution in [1.82, 2.24) is 5.32 Å². The van der Waals surface area contributed by atoms with Gasteiger partial charge in [-0.15, -0.1) is 0 Å². The summed E-state index contributed by atoms with van der Waals surface area (Å²) in [4.78, 5) is 33.8. The molecule has 0 amide bonds. The third-order valence-electron chi connectivity index (χ3n) is 3.07. The van der Waals surface area contributed by atoms with E-state index in [1.165, 1.54) is 0 Å². The molecule has 0 fully saturated rings. The minimum Gasteiger partial charge on any atom is -0.481 e. The monoisotopic (exact) mass is 293 g/mol. The number of carboxylic acids is 2. The van der Waals surface area contributed by atoms with Crippen molar-refractivity contribution >= 4 is 17.7 Å². The number of nitrogens with one attached hydrogen (secondary N) is 1. The second kappa shape index (κ2) is 7.54. The van der Waals surface area contributed by atoms with Crippen LogP contribution in [0.3, 0.4) is 0 Å². The molecule has 0 aliphatic heterocycles. The molecule has 0 aliphatic carbocycles. The molecule has 0 saturated carbocycles. The largest absolute Gasteiger partial charge is 0.481 e. The third kappa shape index (κ3) is 5.35. The minimum atomic E-state index is -1.11. The summed E-state index contributed by atoms with van der Waals surface area (Å²) in [6.45, 7) is 3.74. The molecule has 0 spiro atoms. The molecule has 1 rings (SSSR count). The lowest BCUT2D eigenvalue weighted by atomic mass is 9.96. The average Bonchev–Trinajstić information content (AvgIpc) is 2.36. The van der Waals surface area contributed by atoms with E-state index in [9.17, 15) is 14.4 Å². The first-order valence-corrected chi connectivity index (χ1v) is 6.59. The number of aryl methyl sites for hydroxylation is 2. The summed E-state index contributed by atoms with van der Waals surface area (Å²) in [5.41, 5.74) is 2.24. The van der Waals surface area contributed by atoms with Crippen LogP contribution >= 0.6 is 0 Å². The Morgan fingerprint density at radius 2 is 1.81 bits per heavy atom. The molecule has 3 N–H and O–H groups in total. The molecule has 6 heteroatoms. The van der Waals surface area contributed by atoms with E-state index >= 15 is 0 Å². The summed E-state index contributed by atoms with van der Waals surface area (Å²) >= 11 is 0. The minimum absolute atomic E-state index is 0.0456. The van der Waals surface area contributed by atoms with Gasteiger partial charge in [0.05, 0.1) is 18.9 Å². The molecule has 1 aromatic carbocycles. The van der Waals surface area contributed by atoms with E-state index in [4.69, 9.17) is 10.2 Å². The molecule has 1 unspecified atom stereocenters. The first kappa shape index (κ1) is 16.8. The van der Waals surface area contributed by atoms with Crippen LogP contribution in [0.1, 0.15) is 34.3 Å². The highest BCUT2D eigenvalue weighted by Crippen LogP contribution is 2.14. The number of Topliss-reactive ketones (excluding diaryl/α,β-unsaturated/α-hetero) is 1. The maximum atomic E-state index is 12.4. The van der Waals surface area contributed by atoms with Crippen molar-refractivity contribution in [2.75, 3.05) is 6.54 Å². The zero-order chi connectivity index (χ0) is 16.0. The Labute approximate surface area is 122 Å². The van der Waals surface area contributed by atoms with Gasteiger partial charge in [-0.3, -0.25) is 14.4 Å². The number of ketones is 1. The second-order valence-electron chi connectivity index (χ2n) is 4.93. The van der Waals surface area contributed by atoms with Gasteiger partial charge in [0.15, 0.2) is 5.78 Å². The highest BCUT2D eigenvalue weighted by atomic mass is 16.4. The fraction of sp³-hybridized carbons (Fsp3) is 0.400. The maximum Gasteiger partial charge on any atom is 0.305 e. The van der Waals surface area contributed by atoms with E-state index in [0.717, 1.165) is 11.1 Å². The number of carbonyl (C=O) groups excluding carboxylic acids is 1. The van der Waals surface area contributed by atoms with E-state index in [0.29, 0.717) is 5.56 Å². The number of rotatable bonds is 8. The Balaban J connectivity index is 2.87. The van der Waals surface area contributed by atoms with Crippen molar-refractivity contribution in [3.05, 3.63) is 34.9 Å². The summed E-state index contributed by atoms with van der Waals surface area (Å²) in [6.07, 6.45) is -0.554. The predicted molar refractivity (Wildman–Crippen MR) is 76.5 cm³/mol. The van der Waals surface area contributed by atoms with Crippen LogP contribution in [0.25, 0.3) is 0 Å². The third-order valence-corrected chi connectivity index (χ3v) is 3.07. The molecule has 114 valence electrons. The highest BCUT2D eigenvalue weighted by molar-refractivity contribution is 6.02. The maximum absolute atomic E-state index is 12.4. The van der Waals surface area contributed by atoms with Crippen LogP contribution < -0.4 is 5.32 Å². The molecule has 0 radical (unpaired) electrons. The number of hydrogen-bond acceptors (Lipinski definition) is 4. The van der Waals surface area contributed by atoms with Gasteiger partial charge in [-0.2, -0.15) is 0 Å². The van der Waals surface area contributed by atoms with Crippen LogP contribution in [0.4, 0.5) is 0 Å². The van der Waals surface area contributed by atoms with Gasteiger partial charge in [-0.25, -0.2) is 0 Å². The van der Waals surface area contributed by atoms with Gasteiger partial charge < -0.3 is 15.5 Å². The molecule has 1 atom stereocenters. The van der Waals surface area contributed by atoms with Crippen molar-refractivity contribution < 1.29 is 24.6 Å². The lowest BCUT2D eigenvalue weighted by Gasteiger charge is -2.16. The van der Waals surface area contributed by atoms with Gasteiger partial charge in [0.25, 0.3) is 0 Å². The fourth-order valence-corrected chi connectivity index (χ4v) is 2.06. The fourth-order valence-electron chi connectivity index (χ4n) is 2.06. The van der Waals surface area contributed by atoms with E-state index in [2.05, 4.69) is 5.32 Å². The zero-order valence-corrected chi connectivity index (χ0v) is 12.0. The summed E-state index contributed by atoms with van der Waals surface area (Å²) in [6, 6.07) is 4.38. The first-order chi connectivity index (χ1) is 9.81. The smallest absolute Gasteiger partial charge is 0.305 e. The molecule has 0 saturated heterocycles. The van der Waals surface area contributed by atoms with E-state index in [1.807, 2.05) is 13.0 Å². The highest BCUT2D eigenvalue weighted by Gasteiger charge is 2.23. The van der Waals surface area contributed by atoms with Gasteiger partial charge in [0.1, 0.15) is 0 Å². The molecule has 1 aromatic rings. The van der Waals surface area contributed by atoms with Crippen molar-refractivity contribution in [3.8, 4) is 0 Å². The second-order valence-corrected chi connectivity index (χ2v) is 4.93. The number of aliphatic carboxylic acids is 2. The van der Waals surface area contributed by atoms with E-state index in [-0.39, 0.29) is 25.2 Å². The first-order valence-electron chi connectivity index (χ1n) is 6.59. The zero-order valence-electron chi connectivity index (χ0n) is 12.0. The standard InChI is InChI=1S/C15H19NO5/c1-9-3-4-11(10(2)7-9)15(21)12(8-14(19)20)16-6-5-13(17)18/h3-4,7,12,16H,5-6,8H2,1-2H3,(H,17,18)(H,19,20). The van der Waals surface area contributed by atoms with Crippen LogP contribution in [0.2, 0.25) is 0 Å². The van der Waals surface area contributed by atoms with E-state index < -0.39 is 18.0 Å². The SMILES string of the molecule is Cc1ccc(C(=O)C(CC(=O)O)NCCC(=O)O)c(C)c1. The summed E-state index contributed by atoms with van der Waals surface area (Å²) in [7, 11) is 0. The lowest BCUT2D eigenvalue weighted by Crippen LogP contribution is -2.40. The van der Waals surface area contributed by atoms with Crippen molar-refractivity contribution in [1.29, 1.82) is 0 Å². The van der Waals surface area contributed by atoms with Crippen LogP contribution in [0.15, 0.2) is 18.2 Å². The van der Waals surface area contributed by atoms with Crippen molar-refractivity contribution in [2.24, 2.45) is 0 Å². The molecule has 0 heterocycles. The lowest BCUT2D eigenvalue weighted by molar-refractivity contribution is -0.137. The molecular weight excluding hydrogens is 274 g/mol. The molecule has 21 heavy (non-hydrogen) atoms.